The molecule has 0 radical (unpaired) electrons. The monoisotopic (exact) mass is 405 g/mol. The number of piperazine rings is 1. The Balaban J connectivity index is 1.44. The van der Waals surface area contributed by atoms with Crippen molar-refractivity contribution in [2.75, 3.05) is 31.9 Å². The minimum absolute atomic E-state index is 0.0129. The van der Waals surface area contributed by atoms with Crippen LogP contribution in [0.2, 0.25) is 0 Å². The molecule has 1 aliphatic carbocycles. The lowest BCUT2D eigenvalue weighted by Crippen LogP contribution is -2.55. The second kappa shape index (κ2) is 7.57. The number of carbonyl (C=O) groups is 2. The van der Waals surface area contributed by atoms with Gasteiger partial charge in [0.25, 0.3) is 5.91 Å². The summed E-state index contributed by atoms with van der Waals surface area (Å²) in [6, 6.07) is 13.0. The zero-order valence-electron chi connectivity index (χ0n) is 17.1. The van der Waals surface area contributed by atoms with Crippen LogP contribution < -0.4 is 11.5 Å². The van der Waals surface area contributed by atoms with Gasteiger partial charge in [0, 0.05) is 54.3 Å². The van der Waals surface area contributed by atoms with Gasteiger partial charge in [-0.2, -0.15) is 0 Å². The number of nitrogens with zero attached hydrogens (tertiary/aromatic N) is 2. The molecule has 1 heterocycles. The van der Waals surface area contributed by atoms with Gasteiger partial charge in [-0.1, -0.05) is 30.3 Å². The van der Waals surface area contributed by atoms with Gasteiger partial charge >= 0.3 is 0 Å². The molecule has 2 fully saturated rings. The molecule has 7 heteroatoms. The third kappa shape index (κ3) is 3.68. The maximum atomic E-state index is 12.9. The van der Waals surface area contributed by atoms with Gasteiger partial charge in [0.05, 0.1) is 5.54 Å². The summed E-state index contributed by atoms with van der Waals surface area (Å²) in [7, 11) is 0. The number of nitrogen functional groups attached to an aromatic ring is 1. The maximum Gasteiger partial charge on any atom is 0.253 e. The number of carbonyl (C=O) groups excluding carboxylic acids is 2. The van der Waals surface area contributed by atoms with Crippen LogP contribution in [0.1, 0.15) is 35.7 Å². The molecule has 2 amide bonds. The number of benzene rings is 2. The Hall–Kier alpha value is -3.19. The highest BCUT2D eigenvalue weighted by Gasteiger charge is 2.48. The van der Waals surface area contributed by atoms with Gasteiger partial charge in [0.1, 0.15) is 0 Å². The molecule has 5 N–H and O–H groups in total. The molecular weight excluding hydrogens is 378 g/mol. The summed E-state index contributed by atoms with van der Waals surface area (Å²) < 4.78 is 0. The zero-order chi connectivity index (χ0) is 21.5. The van der Waals surface area contributed by atoms with Gasteiger partial charge in [-0.3, -0.25) is 9.59 Å². The van der Waals surface area contributed by atoms with Crippen molar-refractivity contribution in [2.24, 2.45) is 5.73 Å². The van der Waals surface area contributed by atoms with E-state index in [9.17, 15) is 9.59 Å². The molecule has 4 rings (SSSR count). The third-order valence-electron chi connectivity index (χ3n) is 6.02. The van der Waals surface area contributed by atoms with Crippen molar-refractivity contribution in [2.45, 2.75) is 25.3 Å². The summed E-state index contributed by atoms with van der Waals surface area (Å²) in [6.07, 6.45) is 1.51. The fourth-order valence-corrected chi connectivity index (χ4v) is 3.89. The minimum atomic E-state index is -0.655. The van der Waals surface area contributed by atoms with Gasteiger partial charge in [0.15, 0.2) is 0 Å². The van der Waals surface area contributed by atoms with Crippen LogP contribution in [0.25, 0.3) is 11.1 Å². The molecule has 0 unspecified atom stereocenters. The van der Waals surface area contributed by atoms with E-state index in [1.165, 1.54) is 0 Å². The lowest BCUT2D eigenvalue weighted by Gasteiger charge is -2.36. The summed E-state index contributed by atoms with van der Waals surface area (Å²) in [5.74, 6) is -0.0291. The Labute approximate surface area is 176 Å². The molecular formula is C23H27N5O2. The van der Waals surface area contributed by atoms with Gasteiger partial charge in [-0.05, 0) is 37.5 Å². The van der Waals surface area contributed by atoms with E-state index in [1.807, 2.05) is 30.3 Å². The van der Waals surface area contributed by atoms with Crippen LogP contribution in [0.4, 0.5) is 5.69 Å². The molecule has 0 spiro atoms. The number of rotatable bonds is 4. The molecule has 156 valence electrons. The lowest BCUT2D eigenvalue weighted by molar-refractivity contribution is -0.135. The standard InChI is InChI=1S/C23H27N5O2/c1-15(24)18-3-2-4-19(20(18)25)16-5-7-17(8-6-16)21(29)27-11-13-28(14-12-27)22(30)23(26)9-10-23/h2-8,24H,9-14,25-26H2,1H3. The highest BCUT2D eigenvalue weighted by Crippen LogP contribution is 2.34. The predicted molar refractivity (Wildman–Crippen MR) is 117 cm³/mol. The first-order valence-corrected chi connectivity index (χ1v) is 10.2. The third-order valence-corrected chi connectivity index (χ3v) is 6.02. The van der Waals surface area contributed by atoms with E-state index in [4.69, 9.17) is 16.9 Å². The van der Waals surface area contributed by atoms with Crippen LogP contribution in [-0.4, -0.2) is 59.0 Å². The SMILES string of the molecule is CC(=N)c1cccc(-c2ccc(C(=O)N3CCN(C(=O)C4(N)CC4)CC3)cc2)c1N. The smallest absolute Gasteiger partial charge is 0.253 e. The Bertz CT molecular complexity index is 1000. The highest BCUT2D eigenvalue weighted by molar-refractivity contribution is 6.04. The van der Waals surface area contributed by atoms with Gasteiger partial charge in [-0.25, -0.2) is 0 Å². The number of para-hydroxylation sites is 1. The van der Waals surface area contributed by atoms with Crippen LogP contribution >= 0.6 is 0 Å². The molecule has 0 atom stereocenters. The summed E-state index contributed by atoms with van der Waals surface area (Å²) in [5, 5.41) is 7.86. The van der Waals surface area contributed by atoms with Crippen LogP contribution in [-0.2, 0) is 4.79 Å². The van der Waals surface area contributed by atoms with Crippen molar-refractivity contribution in [3.05, 3.63) is 53.6 Å². The van der Waals surface area contributed by atoms with Crippen molar-refractivity contribution in [3.8, 4) is 11.1 Å². The molecule has 7 nitrogen and oxygen atoms in total. The number of amides is 2. The van der Waals surface area contributed by atoms with Crippen LogP contribution in [0.3, 0.4) is 0 Å². The van der Waals surface area contributed by atoms with Crippen molar-refractivity contribution < 1.29 is 9.59 Å². The van der Waals surface area contributed by atoms with Crippen molar-refractivity contribution in [3.63, 3.8) is 0 Å². The summed E-state index contributed by atoms with van der Waals surface area (Å²) in [4.78, 5) is 28.8. The van der Waals surface area contributed by atoms with E-state index in [2.05, 4.69) is 0 Å². The van der Waals surface area contributed by atoms with E-state index >= 15 is 0 Å². The Kier molecular flexibility index (Phi) is 5.07. The van der Waals surface area contributed by atoms with Crippen LogP contribution in [0, 0.1) is 5.41 Å². The Morgan fingerprint density at radius 1 is 0.967 bits per heavy atom. The fourth-order valence-electron chi connectivity index (χ4n) is 3.89. The zero-order valence-corrected chi connectivity index (χ0v) is 17.1. The van der Waals surface area contributed by atoms with Crippen LogP contribution in [0.5, 0.6) is 0 Å². The van der Waals surface area contributed by atoms with Gasteiger partial charge in [-0.15, -0.1) is 0 Å². The first-order chi connectivity index (χ1) is 14.3. The topological polar surface area (TPSA) is 117 Å². The predicted octanol–water partition coefficient (Wildman–Crippen LogP) is 2.10. The average molecular weight is 406 g/mol. The lowest BCUT2D eigenvalue weighted by atomic mass is 9.97. The Morgan fingerprint density at radius 2 is 1.57 bits per heavy atom. The van der Waals surface area contributed by atoms with Gasteiger partial charge < -0.3 is 26.7 Å². The molecule has 2 aromatic rings. The summed E-state index contributed by atoms with van der Waals surface area (Å²) in [6.45, 7) is 3.77. The molecule has 2 aromatic carbocycles. The van der Waals surface area contributed by atoms with Crippen molar-refractivity contribution in [1.29, 1.82) is 5.41 Å². The molecule has 2 aliphatic rings. The number of nitrogens with two attached hydrogens (primary N) is 2. The first-order valence-electron chi connectivity index (χ1n) is 10.2. The quantitative estimate of drug-likeness (QED) is 0.533. The molecule has 1 saturated carbocycles. The molecule has 1 aliphatic heterocycles. The number of nitrogens with one attached hydrogen (secondary N) is 1. The maximum absolute atomic E-state index is 12.9. The van der Waals surface area contributed by atoms with E-state index < -0.39 is 5.54 Å². The minimum Gasteiger partial charge on any atom is -0.398 e. The normalized spacial score (nSPS) is 17.5. The molecule has 0 aromatic heterocycles. The second-order valence-corrected chi connectivity index (χ2v) is 8.21. The van der Waals surface area contributed by atoms with Crippen molar-refractivity contribution >= 4 is 23.2 Å². The fraction of sp³-hybridized carbons (Fsp3) is 0.348. The molecule has 30 heavy (non-hydrogen) atoms. The highest BCUT2D eigenvalue weighted by atomic mass is 16.2. The number of anilines is 1. The summed E-state index contributed by atoms with van der Waals surface area (Å²) in [5.41, 5.74) is 15.7. The molecule has 0 bridgehead atoms. The average Bonchev–Trinajstić information content (AvgIpc) is 3.51. The van der Waals surface area contributed by atoms with Gasteiger partial charge in [0.2, 0.25) is 5.91 Å². The number of hydrogen-bond acceptors (Lipinski definition) is 5. The van der Waals surface area contributed by atoms with E-state index in [-0.39, 0.29) is 11.8 Å². The second-order valence-electron chi connectivity index (χ2n) is 8.21. The first kappa shape index (κ1) is 20.1. The Morgan fingerprint density at radius 3 is 2.13 bits per heavy atom. The van der Waals surface area contributed by atoms with E-state index in [0.29, 0.717) is 48.7 Å². The van der Waals surface area contributed by atoms with E-state index in [1.54, 1.807) is 28.9 Å². The van der Waals surface area contributed by atoms with E-state index in [0.717, 1.165) is 24.0 Å². The summed E-state index contributed by atoms with van der Waals surface area (Å²) >= 11 is 0. The number of hydrogen-bond donors (Lipinski definition) is 3. The molecule has 1 saturated heterocycles. The largest absolute Gasteiger partial charge is 0.398 e. The van der Waals surface area contributed by atoms with Crippen LogP contribution in [0.15, 0.2) is 42.5 Å². The van der Waals surface area contributed by atoms with Crippen molar-refractivity contribution in [1.82, 2.24) is 9.80 Å².